The number of halogens is 1. The van der Waals surface area contributed by atoms with Gasteiger partial charge in [-0.05, 0) is 42.6 Å². The number of hydrogen-bond donors (Lipinski definition) is 0. The Balaban J connectivity index is 2.75. The molecule has 15 heavy (non-hydrogen) atoms. The fraction of sp³-hybridized carbons (Fsp3) is 0.250. The van der Waals surface area contributed by atoms with Crippen LogP contribution in [-0.4, -0.2) is 12.1 Å². The quantitative estimate of drug-likeness (QED) is 0.783. The van der Waals surface area contributed by atoms with Gasteiger partial charge in [0.15, 0.2) is 0 Å². The van der Waals surface area contributed by atoms with Crippen molar-refractivity contribution < 1.29 is 9.53 Å². The summed E-state index contributed by atoms with van der Waals surface area (Å²) < 4.78 is 5.07. The van der Waals surface area contributed by atoms with Gasteiger partial charge < -0.3 is 4.74 Å². The van der Waals surface area contributed by atoms with Crippen LogP contribution in [0.2, 0.25) is 0 Å². The fourth-order valence-electron chi connectivity index (χ4n) is 1.09. The molecule has 0 N–H and O–H groups in total. The zero-order valence-corrected chi connectivity index (χ0v) is 10.3. The molecule has 0 aliphatic heterocycles. The van der Waals surface area contributed by atoms with Crippen LogP contribution in [0.15, 0.2) is 29.3 Å². The monoisotopic (exact) mass is 268 g/mol. The van der Waals surface area contributed by atoms with Crippen molar-refractivity contribution in [3.63, 3.8) is 0 Å². The summed E-state index contributed by atoms with van der Waals surface area (Å²) in [5.41, 5.74) is 1.61. The molecule has 0 aliphatic carbocycles. The highest BCUT2D eigenvalue weighted by Gasteiger charge is 2.07. The highest BCUT2D eigenvalue weighted by molar-refractivity contribution is 9.11. The lowest BCUT2D eigenvalue weighted by Crippen LogP contribution is -2.11. The molecule has 2 nitrogen and oxygen atoms in total. The largest absolute Gasteiger partial charge is 0.459 e. The number of carbonyl (C=O) groups is 1. The molecule has 0 aliphatic rings. The summed E-state index contributed by atoms with van der Waals surface area (Å²) in [5.74, 6) is -0.278. The van der Waals surface area contributed by atoms with Crippen LogP contribution in [0.4, 0.5) is 0 Å². The third-order valence-corrected chi connectivity index (χ3v) is 2.01. The van der Waals surface area contributed by atoms with E-state index >= 15 is 0 Å². The minimum Gasteiger partial charge on any atom is -0.459 e. The molecule has 0 radical (unpaired) electrons. The summed E-state index contributed by atoms with van der Waals surface area (Å²) in [7, 11) is 0. The van der Waals surface area contributed by atoms with E-state index in [0.29, 0.717) is 5.56 Å². The Hall–Kier alpha value is -1.09. The predicted octanol–water partition coefficient (Wildman–Crippen LogP) is 3.62. The molecule has 80 valence electrons. The molecule has 0 saturated carbocycles. The van der Waals surface area contributed by atoms with Crippen LogP contribution < -0.4 is 0 Å². The number of benzene rings is 1. The average Bonchev–Trinajstić information content (AvgIpc) is 2.18. The minimum absolute atomic E-state index is 0.0837. The molecule has 0 spiro atoms. The summed E-state index contributed by atoms with van der Waals surface area (Å²) in [4.78, 5) is 13.2. The van der Waals surface area contributed by atoms with Crippen molar-refractivity contribution >= 4 is 28.0 Å². The van der Waals surface area contributed by atoms with E-state index in [1.807, 2.05) is 32.1 Å². The Morgan fingerprint density at radius 2 is 1.93 bits per heavy atom. The molecule has 1 rings (SSSR count). The van der Waals surface area contributed by atoms with Crippen LogP contribution >= 0.6 is 15.9 Å². The third-order valence-electron chi connectivity index (χ3n) is 1.74. The molecule has 1 aromatic carbocycles. The summed E-state index contributed by atoms with van der Waals surface area (Å²) in [6.45, 7) is 3.67. The van der Waals surface area contributed by atoms with Gasteiger partial charge in [0.1, 0.15) is 0 Å². The number of carbonyl (C=O) groups excluding carboxylic acids is 1. The Kier molecular flexibility index (Phi) is 4.56. The van der Waals surface area contributed by atoms with E-state index in [9.17, 15) is 4.79 Å². The zero-order chi connectivity index (χ0) is 11.3. The number of hydrogen-bond acceptors (Lipinski definition) is 2. The normalized spacial score (nSPS) is 10.9. The van der Waals surface area contributed by atoms with E-state index < -0.39 is 0 Å². The molecule has 3 heteroatoms. The van der Waals surface area contributed by atoms with Crippen molar-refractivity contribution in [1.29, 1.82) is 0 Å². The molecule has 0 unspecified atom stereocenters. The van der Waals surface area contributed by atoms with Crippen LogP contribution in [-0.2, 0) is 4.74 Å². The van der Waals surface area contributed by atoms with Gasteiger partial charge >= 0.3 is 5.97 Å². The van der Waals surface area contributed by atoms with E-state index in [4.69, 9.17) is 4.74 Å². The van der Waals surface area contributed by atoms with E-state index in [0.717, 1.165) is 5.56 Å². The first kappa shape index (κ1) is 12.0. The molecule has 0 saturated heterocycles. The van der Waals surface area contributed by atoms with E-state index in [-0.39, 0.29) is 12.1 Å². The molecule has 0 aromatic heterocycles. The second-order valence-corrected chi connectivity index (χ2v) is 3.90. The van der Waals surface area contributed by atoms with Crippen molar-refractivity contribution in [2.45, 2.75) is 20.0 Å². The summed E-state index contributed by atoms with van der Waals surface area (Å²) in [5, 5.41) is 0. The Morgan fingerprint density at radius 3 is 2.40 bits per heavy atom. The lowest BCUT2D eigenvalue weighted by molar-refractivity contribution is 0.0378. The number of esters is 1. The molecule has 0 bridgehead atoms. The van der Waals surface area contributed by atoms with Crippen molar-refractivity contribution in [3.8, 4) is 0 Å². The molecule has 1 aromatic rings. The summed E-state index contributed by atoms with van der Waals surface area (Å²) in [6, 6.07) is 7.25. The van der Waals surface area contributed by atoms with Gasteiger partial charge in [-0.25, -0.2) is 4.79 Å². The van der Waals surface area contributed by atoms with Crippen LogP contribution in [0.5, 0.6) is 0 Å². The van der Waals surface area contributed by atoms with Gasteiger partial charge in [-0.1, -0.05) is 28.1 Å². The van der Waals surface area contributed by atoms with E-state index in [1.54, 1.807) is 17.1 Å². The Bertz CT molecular complexity index is 352. The summed E-state index contributed by atoms with van der Waals surface area (Å²) >= 11 is 3.19. The van der Waals surface area contributed by atoms with Gasteiger partial charge in [0.05, 0.1) is 11.7 Å². The SMILES string of the molecule is CC(C)OC(=O)c1ccc(/C=C/Br)cc1. The first-order chi connectivity index (χ1) is 7.13. The highest BCUT2D eigenvalue weighted by atomic mass is 79.9. The lowest BCUT2D eigenvalue weighted by atomic mass is 10.1. The van der Waals surface area contributed by atoms with E-state index in [2.05, 4.69) is 15.9 Å². The van der Waals surface area contributed by atoms with Gasteiger partial charge in [0.2, 0.25) is 0 Å². The van der Waals surface area contributed by atoms with Gasteiger partial charge in [0, 0.05) is 0 Å². The fourth-order valence-corrected chi connectivity index (χ4v) is 1.39. The molecule has 0 heterocycles. The number of rotatable bonds is 3. The van der Waals surface area contributed by atoms with Gasteiger partial charge in [-0.15, -0.1) is 0 Å². The van der Waals surface area contributed by atoms with Gasteiger partial charge in [-0.3, -0.25) is 0 Å². The van der Waals surface area contributed by atoms with Crippen molar-refractivity contribution in [1.82, 2.24) is 0 Å². The molecular weight excluding hydrogens is 256 g/mol. The lowest BCUT2D eigenvalue weighted by Gasteiger charge is -2.07. The van der Waals surface area contributed by atoms with Crippen molar-refractivity contribution in [2.75, 3.05) is 0 Å². The minimum atomic E-state index is -0.278. The molecular formula is C12H13BrO2. The van der Waals surface area contributed by atoms with Crippen LogP contribution in [0.3, 0.4) is 0 Å². The second-order valence-electron chi connectivity index (χ2n) is 3.37. The summed E-state index contributed by atoms with van der Waals surface area (Å²) in [6.07, 6.45) is 1.82. The molecule has 0 amide bonds. The Morgan fingerprint density at radius 1 is 1.33 bits per heavy atom. The highest BCUT2D eigenvalue weighted by Crippen LogP contribution is 2.09. The number of ether oxygens (including phenoxy) is 1. The van der Waals surface area contributed by atoms with Crippen molar-refractivity contribution in [3.05, 3.63) is 40.4 Å². The first-order valence-corrected chi connectivity index (χ1v) is 5.63. The van der Waals surface area contributed by atoms with Crippen LogP contribution in [0, 0.1) is 0 Å². The Labute approximate surface area is 98.1 Å². The maximum atomic E-state index is 11.5. The molecule has 0 atom stereocenters. The standard InChI is InChI=1S/C12H13BrO2/c1-9(2)15-12(14)11-5-3-10(4-6-11)7-8-13/h3-9H,1-2H3/b8-7+. The van der Waals surface area contributed by atoms with Crippen molar-refractivity contribution in [2.24, 2.45) is 0 Å². The first-order valence-electron chi connectivity index (χ1n) is 4.71. The second kappa shape index (κ2) is 5.71. The van der Waals surface area contributed by atoms with Crippen LogP contribution in [0.25, 0.3) is 6.08 Å². The third kappa shape index (κ3) is 3.88. The zero-order valence-electron chi connectivity index (χ0n) is 8.74. The van der Waals surface area contributed by atoms with Gasteiger partial charge in [-0.2, -0.15) is 0 Å². The predicted molar refractivity (Wildman–Crippen MR) is 65.0 cm³/mol. The van der Waals surface area contributed by atoms with E-state index in [1.165, 1.54) is 0 Å². The maximum absolute atomic E-state index is 11.5. The average molecular weight is 269 g/mol. The van der Waals surface area contributed by atoms with Gasteiger partial charge in [0.25, 0.3) is 0 Å². The topological polar surface area (TPSA) is 26.3 Å². The molecule has 0 fully saturated rings. The smallest absolute Gasteiger partial charge is 0.338 e. The maximum Gasteiger partial charge on any atom is 0.338 e. The van der Waals surface area contributed by atoms with Crippen LogP contribution in [0.1, 0.15) is 29.8 Å².